The maximum absolute atomic E-state index is 11.9. The van der Waals surface area contributed by atoms with Gasteiger partial charge in [0.15, 0.2) is 24.7 Å². The number of carbonyl (C=O) groups is 2. The average Bonchev–Trinajstić information content (AvgIpc) is 2.65. The molecule has 1 amide bonds. The molecular weight excluding hydrogens is 388 g/mol. The van der Waals surface area contributed by atoms with Gasteiger partial charge >= 0.3 is 5.97 Å². The third kappa shape index (κ3) is 6.56. The second kappa shape index (κ2) is 9.72. The lowest BCUT2D eigenvalue weighted by Crippen LogP contribution is -2.24. The zero-order valence-corrected chi connectivity index (χ0v) is 15.9. The molecule has 2 rings (SSSR count). The third-order valence-electron chi connectivity index (χ3n) is 3.31. The summed E-state index contributed by atoms with van der Waals surface area (Å²) in [5.74, 6) is -0.523. The molecule has 0 aliphatic carbocycles. The molecular formula is C18H20N2O7S. The molecule has 0 aliphatic heterocycles. The van der Waals surface area contributed by atoms with Gasteiger partial charge in [-0.25, -0.2) is 18.4 Å². The molecule has 0 atom stereocenters. The van der Waals surface area contributed by atoms with Crippen molar-refractivity contribution in [3.05, 3.63) is 48.5 Å². The van der Waals surface area contributed by atoms with Crippen LogP contribution in [0.15, 0.2) is 53.4 Å². The number of anilines is 1. The Morgan fingerprint density at radius 1 is 1.00 bits per heavy atom. The van der Waals surface area contributed by atoms with Gasteiger partial charge in [0.1, 0.15) is 0 Å². The fraction of sp³-hybridized carbons (Fsp3) is 0.222. The summed E-state index contributed by atoms with van der Waals surface area (Å²) in [6.45, 7) is 1.30. The van der Waals surface area contributed by atoms with Crippen LogP contribution in [-0.2, 0) is 24.3 Å². The highest BCUT2D eigenvalue weighted by atomic mass is 32.2. The molecule has 0 unspecified atom stereocenters. The van der Waals surface area contributed by atoms with Crippen molar-refractivity contribution in [3.63, 3.8) is 0 Å². The summed E-state index contributed by atoms with van der Waals surface area (Å²) in [5.41, 5.74) is 0.203. The quantitative estimate of drug-likeness (QED) is 0.597. The largest absolute Gasteiger partial charge is 0.490 e. The highest BCUT2D eigenvalue weighted by molar-refractivity contribution is 7.89. The average molecular weight is 408 g/mol. The van der Waals surface area contributed by atoms with Crippen LogP contribution in [0.1, 0.15) is 6.92 Å². The van der Waals surface area contributed by atoms with E-state index in [1.54, 1.807) is 24.3 Å². The highest BCUT2D eigenvalue weighted by Gasteiger charge is 2.12. The Bertz CT molecular complexity index is 944. The number of para-hydroxylation sites is 2. The summed E-state index contributed by atoms with van der Waals surface area (Å²) in [6.07, 6.45) is 0. The lowest BCUT2D eigenvalue weighted by Gasteiger charge is -2.11. The van der Waals surface area contributed by atoms with Crippen molar-refractivity contribution in [2.45, 2.75) is 11.8 Å². The van der Waals surface area contributed by atoms with Gasteiger partial charge in [-0.3, -0.25) is 4.79 Å². The first-order valence-electron chi connectivity index (χ1n) is 8.22. The second-order valence-electron chi connectivity index (χ2n) is 5.45. The Morgan fingerprint density at radius 2 is 1.68 bits per heavy atom. The van der Waals surface area contributed by atoms with Gasteiger partial charge < -0.3 is 19.5 Å². The monoisotopic (exact) mass is 408 g/mol. The molecule has 9 nitrogen and oxygen atoms in total. The number of sulfonamides is 1. The van der Waals surface area contributed by atoms with Crippen LogP contribution >= 0.6 is 0 Å². The van der Waals surface area contributed by atoms with E-state index in [-0.39, 0.29) is 10.6 Å². The lowest BCUT2D eigenvalue weighted by molar-refractivity contribution is -0.149. The van der Waals surface area contributed by atoms with Gasteiger partial charge in [-0.15, -0.1) is 0 Å². The van der Waals surface area contributed by atoms with Crippen molar-refractivity contribution in [3.8, 4) is 11.5 Å². The minimum Gasteiger partial charge on any atom is -0.490 e. The van der Waals surface area contributed by atoms with Crippen molar-refractivity contribution in [1.29, 1.82) is 0 Å². The normalized spacial score (nSPS) is 10.8. The van der Waals surface area contributed by atoms with Crippen LogP contribution in [-0.4, -0.2) is 40.1 Å². The summed E-state index contributed by atoms with van der Waals surface area (Å²) in [5, 5.41) is 7.45. The van der Waals surface area contributed by atoms with E-state index in [1.165, 1.54) is 24.3 Å². The van der Waals surface area contributed by atoms with Crippen molar-refractivity contribution in [2.24, 2.45) is 5.14 Å². The van der Waals surface area contributed by atoms with E-state index >= 15 is 0 Å². The number of rotatable bonds is 9. The number of esters is 1. The Morgan fingerprint density at radius 3 is 2.32 bits per heavy atom. The first kappa shape index (κ1) is 21.2. The zero-order valence-electron chi connectivity index (χ0n) is 15.1. The van der Waals surface area contributed by atoms with Gasteiger partial charge in [0.05, 0.1) is 11.5 Å². The van der Waals surface area contributed by atoms with E-state index in [1.807, 2.05) is 6.92 Å². The van der Waals surface area contributed by atoms with Crippen LogP contribution in [0.25, 0.3) is 0 Å². The Labute approximate surface area is 162 Å². The number of hydrogen-bond donors (Lipinski definition) is 2. The molecule has 2 aromatic rings. The number of nitrogens with two attached hydrogens (primary N) is 1. The molecule has 0 spiro atoms. The number of hydrogen-bond acceptors (Lipinski definition) is 7. The zero-order chi connectivity index (χ0) is 20.6. The first-order chi connectivity index (χ1) is 13.3. The van der Waals surface area contributed by atoms with E-state index in [9.17, 15) is 18.0 Å². The molecule has 0 saturated carbocycles. The fourth-order valence-corrected chi connectivity index (χ4v) is 2.68. The van der Waals surface area contributed by atoms with Crippen LogP contribution in [0.4, 0.5) is 5.69 Å². The summed E-state index contributed by atoms with van der Waals surface area (Å²) < 4.78 is 38.2. The maximum atomic E-state index is 11.9. The minimum atomic E-state index is -3.89. The molecule has 0 aromatic heterocycles. The van der Waals surface area contributed by atoms with Crippen molar-refractivity contribution < 1.29 is 32.2 Å². The van der Waals surface area contributed by atoms with Gasteiger partial charge in [0.25, 0.3) is 5.91 Å². The summed E-state index contributed by atoms with van der Waals surface area (Å²) >= 11 is 0. The molecule has 28 heavy (non-hydrogen) atoms. The third-order valence-corrected chi connectivity index (χ3v) is 4.22. The fourth-order valence-electron chi connectivity index (χ4n) is 2.12. The molecule has 2 aromatic carbocycles. The molecule has 0 aliphatic rings. The SMILES string of the molecule is CCOc1ccccc1OCC(=O)OCC(=O)Nc1cccc(S(N)(=O)=O)c1. The topological polar surface area (TPSA) is 134 Å². The van der Waals surface area contributed by atoms with Crippen LogP contribution in [0, 0.1) is 0 Å². The van der Waals surface area contributed by atoms with Crippen LogP contribution < -0.4 is 19.9 Å². The van der Waals surface area contributed by atoms with Gasteiger partial charge in [0, 0.05) is 5.69 Å². The Balaban J connectivity index is 1.82. The number of ether oxygens (including phenoxy) is 3. The molecule has 10 heteroatoms. The van der Waals surface area contributed by atoms with Crippen LogP contribution in [0.5, 0.6) is 11.5 Å². The molecule has 0 saturated heterocycles. The molecule has 150 valence electrons. The summed E-state index contributed by atoms with van der Waals surface area (Å²) in [4.78, 5) is 23.5. The Kier molecular flexibility index (Phi) is 7.36. The lowest BCUT2D eigenvalue weighted by atomic mass is 10.3. The number of nitrogens with one attached hydrogen (secondary N) is 1. The van der Waals surface area contributed by atoms with E-state index in [0.717, 1.165) is 0 Å². The number of benzene rings is 2. The predicted molar refractivity (Wildman–Crippen MR) is 101 cm³/mol. The summed E-state index contributed by atoms with van der Waals surface area (Å²) in [6, 6.07) is 12.2. The number of primary sulfonamides is 1. The van der Waals surface area contributed by atoms with E-state index in [4.69, 9.17) is 19.3 Å². The maximum Gasteiger partial charge on any atom is 0.344 e. The van der Waals surface area contributed by atoms with Crippen LogP contribution in [0.2, 0.25) is 0 Å². The van der Waals surface area contributed by atoms with Gasteiger partial charge in [-0.2, -0.15) is 0 Å². The minimum absolute atomic E-state index is 0.149. The van der Waals surface area contributed by atoms with E-state index in [0.29, 0.717) is 18.1 Å². The Hall–Kier alpha value is -3.11. The molecule has 3 N–H and O–H groups in total. The van der Waals surface area contributed by atoms with Crippen molar-refractivity contribution in [2.75, 3.05) is 25.1 Å². The summed E-state index contributed by atoms with van der Waals surface area (Å²) in [7, 11) is -3.89. The first-order valence-corrected chi connectivity index (χ1v) is 9.77. The number of amides is 1. The van der Waals surface area contributed by atoms with Gasteiger partial charge in [0.2, 0.25) is 10.0 Å². The van der Waals surface area contributed by atoms with E-state index < -0.39 is 35.1 Å². The van der Waals surface area contributed by atoms with E-state index in [2.05, 4.69) is 5.32 Å². The van der Waals surface area contributed by atoms with Crippen molar-refractivity contribution in [1.82, 2.24) is 0 Å². The highest BCUT2D eigenvalue weighted by Crippen LogP contribution is 2.26. The second-order valence-corrected chi connectivity index (χ2v) is 7.01. The molecule has 0 fully saturated rings. The smallest absolute Gasteiger partial charge is 0.344 e. The van der Waals surface area contributed by atoms with Crippen LogP contribution in [0.3, 0.4) is 0 Å². The molecule has 0 heterocycles. The van der Waals surface area contributed by atoms with Crippen molar-refractivity contribution >= 4 is 27.6 Å². The molecule has 0 radical (unpaired) electrons. The molecule has 0 bridgehead atoms. The standard InChI is InChI=1S/C18H20N2O7S/c1-2-25-15-8-3-4-9-16(15)26-12-18(22)27-11-17(21)20-13-6-5-7-14(10-13)28(19,23)24/h3-10H,2,11-12H2,1H3,(H,20,21)(H2,19,23,24). The number of carbonyl (C=O) groups excluding carboxylic acids is 2. The van der Waals surface area contributed by atoms with Gasteiger partial charge in [-0.1, -0.05) is 18.2 Å². The predicted octanol–water partition coefficient (Wildman–Crippen LogP) is 1.29. The van der Waals surface area contributed by atoms with Gasteiger partial charge in [-0.05, 0) is 37.3 Å².